The molecule has 0 bridgehead atoms. The van der Waals surface area contributed by atoms with Crippen LogP contribution < -0.4 is 0 Å². The lowest BCUT2D eigenvalue weighted by Crippen LogP contribution is -2.22. The van der Waals surface area contributed by atoms with Crippen LogP contribution in [0.1, 0.15) is 37.8 Å². The van der Waals surface area contributed by atoms with E-state index in [0.29, 0.717) is 0 Å². The lowest BCUT2D eigenvalue weighted by Gasteiger charge is -2.18. The Morgan fingerprint density at radius 2 is 1.50 bits per heavy atom. The minimum atomic E-state index is -0.405. The van der Waals surface area contributed by atoms with Crippen molar-refractivity contribution in [2.24, 2.45) is 0 Å². The molecule has 1 aromatic rings. The first-order valence-corrected chi connectivity index (χ1v) is 7.61. The number of carbonyl (C=O) groups excluding carboxylic acids is 2. The van der Waals surface area contributed by atoms with Gasteiger partial charge in [0.1, 0.15) is 6.61 Å². The third kappa shape index (κ3) is 6.72. The summed E-state index contributed by atoms with van der Waals surface area (Å²) in [4.78, 5) is 24.8. The van der Waals surface area contributed by atoms with Gasteiger partial charge in [-0.2, -0.15) is 0 Å². The monoisotopic (exact) mass is 307 g/mol. The van der Waals surface area contributed by atoms with Crippen LogP contribution in [0.25, 0.3) is 0 Å². The van der Waals surface area contributed by atoms with Crippen LogP contribution >= 0.6 is 0 Å². The van der Waals surface area contributed by atoms with Crippen molar-refractivity contribution in [1.82, 2.24) is 4.90 Å². The molecule has 0 heterocycles. The largest absolute Gasteiger partial charge is 0.469 e. The smallest absolute Gasteiger partial charge is 0.306 e. The highest BCUT2D eigenvalue weighted by Gasteiger charge is 2.08. The second-order valence-corrected chi connectivity index (χ2v) is 5.01. The van der Waals surface area contributed by atoms with Gasteiger partial charge in [0.25, 0.3) is 0 Å². The summed E-state index contributed by atoms with van der Waals surface area (Å²) in [5.41, 5.74) is 2.18. The molecule has 0 aliphatic heterocycles. The second kappa shape index (κ2) is 9.95. The molecular formula is C17H25NO4. The van der Waals surface area contributed by atoms with Gasteiger partial charge >= 0.3 is 11.9 Å². The molecule has 0 fully saturated rings. The topological polar surface area (TPSA) is 55.8 Å². The lowest BCUT2D eigenvalue weighted by molar-refractivity contribution is -0.149. The van der Waals surface area contributed by atoms with Crippen LogP contribution in [0, 0.1) is 0 Å². The van der Waals surface area contributed by atoms with E-state index in [4.69, 9.17) is 4.74 Å². The van der Waals surface area contributed by atoms with Crippen molar-refractivity contribution in [2.45, 2.75) is 39.8 Å². The molecule has 22 heavy (non-hydrogen) atoms. The van der Waals surface area contributed by atoms with Crippen molar-refractivity contribution in [3.63, 3.8) is 0 Å². The maximum Gasteiger partial charge on any atom is 0.306 e. The highest BCUT2D eigenvalue weighted by atomic mass is 16.5. The van der Waals surface area contributed by atoms with E-state index < -0.39 is 11.9 Å². The summed E-state index contributed by atoms with van der Waals surface area (Å²) in [6.07, 6.45) is 0.102. The molecule has 0 aromatic heterocycles. The van der Waals surface area contributed by atoms with E-state index in [1.807, 2.05) is 12.1 Å². The van der Waals surface area contributed by atoms with Crippen LogP contribution in [0.3, 0.4) is 0 Å². The zero-order valence-electron chi connectivity index (χ0n) is 13.6. The molecule has 0 aliphatic carbocycles. The Morgan fingerprint density at radius 3 is 2.05 bits per heavy atom. The summed E-state index contributed by atoms with van der Waals surface area (Å²) in [5.74, 6) is -0.796. The van der Waals surface area contributed by atoms with Gasteiger partial charge in [-0.3, -0.25) is 14.5 Å². The van der Waals surface area contributed by atoms with E-state index in [1.54, 1.807) is 0 Å². The van der Waals surface area contributed by atoms with Crippen molar-refractivity contribution >= 4 is 11.9 Å². The van der Waals surface area contributed by atoms with Gasteiger partial charge in [0.15, 0.2) is 0 Å². The molecule has 0 saturated heterocycles. The molecule has 1 rings (SSSR count). The highest BCUT2D eigenvalue weighted by Crippen LogP contribution is 2.09. The van der Waals surface area contributed by atoms with Crippen LogP contribution in [0.15, 0.2) is 24.3 Å². The normalized spacial score (nSPS) is 10.5. The van der Waals surface area contributed by atoms with E-state index in [0.717, 1.165) is 25.2 Å². The van der Waals surface area contributed by atoms with Crippen LogP contribution in [-0.2, 0) is 32.2 Å². The second-order valence-electron chi connectivity index (χ2n) is 5.01. The third-order valence-electron chi connectivity index (χ3n) is 3.48. The van der Waals surface area contributed by atoms with E-state index >= 15 is 0 Å². The number of esters is 2. The fourth-order valence-corrected chi connectivity index (χ4v) is 1.99. The third-order valence-corrected chi connectivity index (χ3v) is 3.48. The number of benzene rings is 1. The van der Waals surface area contributed by atoms with Crippen molar-refractivity contribution in [2.75, 3.05) is 20.2 Å². The first-order valence-electron chi connectivity index (χ1n) is 7.61. The molecule has 0 saturated carbocycles. The summed E-state index contributed by atoms with van der Waals surface area (Å²) in [6, 6.07) is 8.03. The summed E-state index contributed by atoms with van der Waals surface area (Å²) in [7, 11) is 1.30. The standard InChI is InChI=1S/C17H25NO4/c1-4-18(5-2)12-14-6-8-15(9-7-14)13-22-17(20)11-10-16(19)21-3/h6-9H,4-5,10-13H2,1-3H3. The highest BCUT2D eigenvalue weighted by molar-refractivity contribution is 5.77. The average molecular weight is 307 g/mol. The first kappa shape index (κ1) is 18.2. The Bertz CT molecular complexity index is 466. The van der Waals surface area contributed by atoms with Gasteiger partial charge in [-0.05, 0) is 24.2 Å². The molecule has 5 nitrogen and oxygen atoms in total. The van der Waals surface area contributed by atoms with Crippen LogP contribution in [-0.4, -0.2) is 37.0 Å². The van der Waals surface area contributed by atoms with Gasteiger partial charge in [-0.1, -0.05) is 38.1 Å². The zero-order chi connectivity index (χ0) is 16.4. The summed E-state index contributed by atoms with van der Waals surface area (Å²) < 4.78 is 9.61. The van der Waals surface area contributed by atoms with Crippen molar-refractivity contribution < 1.29 is 19.1 Å². The molecule has 0 N–H and O–H groups in total. The molecular weight excluding hydrogens is 282 g/mol. The Hall–Kier alpha value is -1.88. The van der Waals surface area contributed by atoms with Gasteiger partial charge in [0.2, 0.25) is 0 Å². The molecule has 1 aromatic carbocycles. The number of hydrogen-bond acceptors (Lipinski definition) is 5. The number of methoxy groups -OCH3 is 1. The number of hydrogen-bond donors (Lipinski definition) is 0. The van der Waals surface area contributed by atoms with Crippen LogP contribution in [0.5, 0.6) is 0 Å². The molecule has 0 unspecified atom stereocenters. The van der Waals surface area contributed by atoms with Crippen LogP contribution in [0.2, 0.25) is 0 Å². The zero-order valence-corrected chi connectivity index (χ0v) is 13.6. The van der Waals surface area contributed by atoms with E-state index in [9.17, 15) is 9.59 Å². The predicted octanol–water partition coefficient (Wildman–Crippen LogP) is 2.52. The summed E-state index contributed by atoms with van der Waals surface area (Å²) in [5, 5.41) is 0. The minimum absolute atomic E-state index is 0.0483. The van der Waals surface area contributed by atoms with Crippen molar-refractivity contribution in [3.05, 3.63) is 35.4 Å². The first-order chi connectivity index (χ1) is 10.6. The molecule has 0 radical (unpaired) electrons. The van der Waals surface area contributed by atoms with Crippen molar-refractivity contribution in [3.8, 4) is 0 Å². The summed E-state index contributed by atoms with van der Waals surface area (Å²) >= 11 is 0. The molecule has 0 amide bonds. The quantitative estimate of drug-likeness (QED) is 0.656. The SMILES string of the molecule is CCN(CC)Cc1ccc(COC(=O)CCC(=O)OC)cc1. The maximum absolute atomic E-state index is 11.5. The molecule has 0 atom stereocenters. The van der Waals surface area contributed by atoms with Crippen LogP contribution in [0.4, 0.5) is 0 Å². The Labute approximate surface area is 132 Å². The Morgan fingerprint density at radius 1 is 0.955 bits per heavy atom. The number of carbonyl (C=O) groups is 2. The average Bonchev–Trinajstić information content (AvgIpc) is 2.56. The van der Waals surface area contributed by atoms with E-state index in [1.165, 1.54) is 12.7 Å². The molecule has 122 valence electrons. The molecule has 0 aliphatic rings. The predicted molar refractivity (Wildman–Crippen MR) is 84.1 cm³/mol. The van der Waals surface area contributed by atoms with Gasteiger partial charge in [-0.15, -0.1) is 0 Å². The molecule has 5 heteroatoms. The Balaban J connectivity index is 2.38. The van der Waals surface area contributed by atoms with Gasteiger partial charge < -0.3 is 9.47 Å². The fourth-order valence-electron chi connectivity index (χ4n) is 1.99. The van der Waals surface area contributed by atoms with Gasteiger partial charge in [-0.25, -0.2) is 0 Å². The lowest BCUT2D eigenvalue weighted by atomic mass is 10.1. The maximum atomic E-state index is 11.5. The number of nitrogens with zero attached hydrogens (tertiary/aromatic N) is 1. The van der Waals surface area contributed by atoms with Crippen molar-refractivity contribution in [1.29, 1.82) is 0 Å². The number of ether oxygens (including phenoxy) is 2. The van der Waals surface area contributed by atoms with Gasteiger partial charge in [0.05, 0.1) is 20.0 Å². The number of rotatable bonds is 9. The fraction of sp³-hybridized carbons (Fsp3) is 0.529. The van der Waals surface area contributed by atoms with Gasteiger partial charge in [0, 0.05) is 6.54 Å². The molecule has 0 spiro atoms. The van der Waals surface area contributed by atoms with E-state index in [-0.39, 0.29) is 19.4 Å². The summed E-state index contributed by atoms with van der Waals surface area (Å²) in [6.45, 7) is 7.49. The Kier molecular flexibility index (Phi) is 8.22. The minimum Gasteiger partial charge on any atom is -0.469 e. The van der Waals surface area contributed by atoms with E-state index in [2.05, 4.69) is 35.6 Å².